The number of anilines is 1. The van der Waals surface area contributed by atoms with Crippen LogP contribution in [0.3, 0.4) is 0 Å². The molecule has 1 N–H and O–H groups in total. The fourth-order valence-electron chi connectivity index (χ4n) is 3.86. The Morgan fingerprint density at radius 3 is 2.60 bits per heavy atom. The van der Waals surface area contributed by atoms with E-state index in [4.69, 9.17) is 5.10 Å². The number of hydrogen-bond acceptors (Lipinski definition) is 4. The average molecular weight is 474 g/mol. The van der Waals surface area contributed by atoms with Crippen molar-refractivity contribution in [2.75, 3.05) is 18.4 Å². The van der Waals surface area contributed by atoms with Crippen LogP contribution in [0, 0.1) is 5.92 Å². The molecule has 7 nitrogen and oxygen atoms in total. The molecule has 160 valence electrons. The number of rotatable bonds is 4. The quantitative estimate of drug-likeness (QED) is 0.722. The van der Waals surface area contributed by atoms with Crippen molar-refractivity contribution < 1.29 is 9.59 Å². The van der Waals surface area contributed by atoms with Crippen molar-refractivity contribution in [2.45, 2.75) is 57.9 Å². The number of piperidine rings is 1. The monoisotopic (exact) mass is 473 g/mol. The van der Waals surface area contributed by atoms with E-state index in [0.717, 1.165) is 35.8 Å². The first-order chi connectivity index (χ1) is 14.2. The van der Waals surface area contributed by atoms with Gasteiger partial charge in [0.1, 0.15) is 11.5 Å². The number of likely N-dealkylation sites (tertiary alicyclic amines) is 1. The molecule has 0 bridgehead atoms. The highest BCUT2D eigenvalue weighted by molar-refractivity contribution is 9.10. The predicted octanol–water partition coefficient (Wildman–Crippen LogP) is 4.16. The number of carbonyl (C=O) groups is 2. The van der Waals surface area contributed by atoms with E-state index in [-0.39, 0.29) is 23.3 Å². The van der Waals surface area contributed by atoms with Crippen molar-refractivity contribution in [3.05, 3.63) is 40.3 Å². The van der Waals surface area contributed by atoms with Gasteiger partial charge in [-0.3, -0.25) is 14.3 Å². The van der Waals surface area contributed by atoms with Crippen LogP contribution in [-0.2, 0) is 10.3 Å². The largest absolute Gasteiger partial charge is 0.337 e. The van der Waals surface area contributed by atoms with Gasteiger partial charge in [0, 0.05) is 29.7 Å². The summed E-state index contributed by atoms with van der Waals surface area (Å²) >= 11 is 3.34. The number of hydrogen-bond donors (Lipinski definition) is 1. The van der Waals surface area contributed by atoms with E-state index in [9.17, 15) is 9.59 Å². The van der Waals surface area contributed by atoms with Gasteiger partial charge in [-0.15, -0.1) is 0 Å². The summed E-state index contributed by atoms with van der Waals surface area (Å²) in [6.45, 7) is 7.25. The third-order valence-electron chi connectivity index (χ3n) is 5.64. The average Bonchev–Trinajstić information content (AvgIpc) is 3.46. The highest BCUT2D eigenvalue weighted by Crippen LogP contribution is 2.40. The molecule has 4 rings (SSSR count). The van der Waals surface area contributed by atoms with Gasteiger partial charge in [0.2, 0.25) is 5.91 Å². The lowest BCUT2D eigenvalue weighted by Gasteiger charge is -2.33. The Morgan fingerprint density at radius 2 is 1.97 bits per heavy atom. The molecule has 1 saturated carbocycles. The van der Waals surface area contributed by atoms with Gasteiger partial charge in [0.25, 0.3) is 5.91 Å². The van der Waals surface area contributed by atoms with E-state index in [1.54, 1.807) is 17.2 Å². The van der Waals surface area contributed by atoms with E-state index in [1.807, 2.05) is 16.8 Å². The van der Waals surface area contributed by atoms with Crippen LogP contribution in [-0.4, -0.2) is 44.6 Å². The van der Waals surface area contributed by atoms with E-state index in [1.165, 1.54) is 0 Å². The van der Waals surface area contributed by atoms with Crippen molar-refractivity contribution >= 4 is 33.6 Å². The molecule has 0 radical (unpaired) electrons. The molecule has 2 aliphatic rings. The van der Waals surface area contributed by atoms with Crippen molar-refractivity contribution in [3.8, 4) is 0 Å². The number of carbonyl (C=O) groups excluding carboxylic acids is 2. The van der Waals surface area contributed by atoms with Gasteiger partial charge in [0.15, 0.2) is 0 Å². The van der Waals surface area contributed by atoms with Crippen LogP contribution in [0.5, 0.6) is 0 Å². The summed E-state index contributed by atoms with van der Waals surface area (Å²) in [7, 11) is 0. The fourth-order valence-corrected chi connectivity index (χ4v) is 4.09. The normalized spacial score (nSPS) is 19.6. The molecule has 1 atom stereocenters. The zero-order valence-corrected chi connectivity index (χ0v) is 19.3. The smallest absolute Gasteiger partial charge is 0.272 e. The van der Waals surface area contributed by atoms with Gasteiger partial charge in [-0.25, -0.2) is 4.98 Å². The van der Waals surface area contributed by atoms with Crippen molar-refractivity contribution in [3.63, 3.8) is 0 Å². The van der Waals surface area contributed by atoms with Gasteiger partial charge in [-0.2, -0.15) is 5.10 Å². The van der Waals surface area contributed by atoms with Crippen molar-refractivity contribution in [2.24, 2.45) is 5.92 Å². The number of pyridine rings is 1. The standard InChI is InChI=1S/C22H28BrN5O2/c1-22(2,3)28-18(11-17(26-28)14-6-7-14)21(30)27-10-4-5-15(13-27)20(29)25-19-9-8-16(23)12-24-19/h8-9,11-12,14-15H,4-7,10,13H2,1-3H3,(H,24,25,29). The number of nitrogens with one attached hydrogen (secondary N) is 1. The molecule has 3 heterocycles. The number of amides is 2. The Balaban J connectivity index is 1.48. The van der Waals surface area contributed by atoms with Gasteiger partial charge in [-0.05, 0) is 80.6 Å². The maximum atomic E-state index is 13.4. The second kappa shape index (κ2) is 8.13. The van der Waals surface area contributed by atoms with Crippen molar-refractivity contribution in [1.82, 2.24) is 19.7 Å². The Morgan fingerprint density at radius 1 is 1.20 bits per heavy atom. The Kier molecular flexibility index (Phi) is 5.70. The summed E-state index contributed by atoms with van der Waals surface area (Å²) in [4.78, 5) is 32.2. The molecule has 0 spiro atoms. The minimum Gasteiger partial charge on any atom is -0.337 e. The first kappa shape index (κ1) is 21.0. The second-order valence-electron chi connectivity index (χ2n) is 9.25. The predicted molar refractivity (Wildman–Crippen MR) is 118 cm³/mol. The molecular weight excluding hydrogens is 446 g/mol. The first-order valence-corrected chi connectivity index (χ1v) is 11.3. The molecule has 8 heteroatoms. The van der Waals surface area contributed by atoms with Crippen LogP contribution in [0.4, 0.5) is 5.82 Å². The van der Waals surface area contributed by atoms with Crippen LogP contribution < -0.4 is 5.32 Å². The molecule has 30 heavy (non-hydrogen) atoms. The zero-order valence-electron chi connectivity index (χ0n) is 17.7. The van der Waals surface area contributed by atoms with E-state index in [2.05, 4.69) is 47.0 Å². The highest BCUT2D eigenvalue weighted by atomic mass is 79.9. The molecule has 1 aliphatic heterocycles. The SMILES string of the molecule is CC(C)(C)n1nc(C2CC2)cc1C(=O)N1CCCC(C(=O)Nc2ccc(Br)cn2)C1. The Bertz CT molecular complexity index is 943. The molecule has 2 fully saturated rings. The van der Waals surface area contributed by atoms with Crippen LogP contribution in [0.2, 0.25) is 0 Å². The summed E-state index contributed by atoms with van der Waals surface area (Å²) in [6.07, 6.45) is 5.50. The number of nitrogens with zero attached hydrogens (tertiary/aromatic N) is 4. The molecule has 2 aromatic rings. The lowest BCUT2D eigenvalue weighted by molar-refractivity contribution is -0.121. The molecular formula is C22H28BrN5O2. The van der Waals surface area contributed by atoms with Crippen LogP contribution in [0.1, 0.15) is 68.6 Å². The fraction of sp³-hybridized carbons (Fsp3) is 0.545. The summed E-state index contributed by atoms with van der Waals surface area (Å²) in [6, 6.07) is 5.56. The van der Waals surface area contributed by atoms with Gasteiger partial charge in [-0.1, -0.05) is 0 Å². The Hall–Kier alpha value is -2.22. The minimum absolute atomic E-state index is 0.0383. The van der Waals surface area contributed by atoms with Gasteiger partial charge in [0.05, 0.1) is 17.2 Å². The maximum absolute atomic E-state index is 13.4. The summed E-state index contributed by atoms with van der Waals surface area (Å²) in [5.41, 5.74) is 1.36. The summed E-state index contributed by atoms with van der Waals surface area (Å²) < 4.78 is 2.72. The van der Waals surface area contributed by atoms with Gasteiger partial charge < -0.3 is 10.2 Å². The lowest BCUT2D eigenvalue weighted by atomic mass is 9.96. The highest BCUT2D eigenvalue weighted by Gasteiger charge is 2.35. The molecule has 2 amide bonds. The van der Waals surface area contributed by atoms with Gasteiger partial charge >= 0.3 is 0 Å². The van der Waals surface area contributed by atoms with Crippen LogP contribution in [0.25, 0.3) is 0 Å². The van der Waals surface area contributed by atoms with Crippen LogP contribution in [0.15, 0.2) is 28.9 Å². The molecule has 2 aromatic heterocycles. The molecule has 0 aromatic carbocycles. The zero-order chi connectivity index (χ0) is 21.5. The number of aromatic nitrogens is 3. The van der Waals surface area contributed by atoms with E-state index in [0.29, 0.717) is 30.5 Å². The summed E-state index contributed by atoms with van der Waals surface area (Å²) in [5, 5.41) is 7.63. The second-order valence-corrected chi connectivity index (χ2v) is 10.2. The third-order valence-corrected chi connectivity index (χ3v) is 6.11. The molecule has 1 aliphatic carbocycles. The number of halogens is 1. The van der Waals surface area contributed by atoms with Crippen LogP contribution >= 0.6 is 15.9 Å². The maximum Gasteiger partial charge on any atom is 0.272 e. The first-order valence-electron chi connectivity index (χ1n) is 10.5. The summed E-state index contributed by atoms with van der Waals surface area (Å²) in [5.74, 6) is 0.626. The van der Waals surface area contributed by atoms with E-state index < -0.39 is 0 Å². The van der Waals surface area contributed by atoms with Crippen molar-refractivity contribution in [1.29, 1.82) is 0 Å². The topological polar surface area (TPSA) is 80.1 Å². The third kappa shape index (κ3) is 4.58. The minimum atomic E-state index is -0.280. The molecule has 1 saturated heterocycles. The lowest BCUT2D eigenvalue weighted by Crippen LogP contribution is -2.45. The van der Waals surface area contributed by atoms with E-state index >= 15 is 0 Å². The molecule has 1 unspecified atom stereocenters. The Labute approximate surface area is 185 Å².